The van der Waals surface area contributed by atoms with Gasteiger partial charge in [0.25, 0.3) is 0 Å². The quantitative estimate of drug-likeness (QED) is 0.706. The highest BCUT2D eigenvalue weighted by Crippen LogP contribution is 2.32. The van der Waals surface area contributed by atoms with Crippen LogP contribution in [0.2, 0.25) is 0 Å². The predicted molar refractivity (Wildman–Crippen MR) is 89.8 cm³/mol. The zero-order valence-corrected chi connectivity index (χ0v) is 13.3. The van der Waals surface area contributed by atoms with Crippen LogP contribution in [0.5, 0.6) is 5.75 Å². The molecular formula is C16H17N3O2S. The van der Waals surface area contributed by atoms with Crippen LogP contribution in [0.25, 0.3) is 20.8 Å². The molecule has 0 unspecified atom stereocenters. The van der Waals surface area contributed by atoms with Crippen molar-refractivity contribution in [3.05, 3.63) is 36.5 Å². The first-order chi connectivity index (χ1) is 10.8. The molecule has 0 saturated heterocycles. The smallest absolute Gasteiger partial charge is 0.126 e. The first-order valence-electron chi connectivity index (χ1n) is 6.96. The van der Waals surface area contributed by atoms with Gasteiger partial charge in [0.15, 0.2) is 0 Å². The molecule has 0 aliphatic carbocycles. The highest BCUT2D eigenvalue weighted by molar-refractivity contribution is 7.21. The molecule has 2 aromatic heterocycles. The third-order valence-corrected chi connectivity index (χ3v) is 4.25. The Hall–Kier alpha value is -2.18. The first-order valence-corrected chi connectivity index (χ1v) is 7.78. The van der Waals surface area contributed by atoms with E-state index < -0.39 is 0 Å². The van der Waals surface area contributed by atoms with Crippen molar-refractivity contribution in [2.24, 2.45) is 0 Å². The van der Waals surface area contributed by atoms with Gasteiger partial charge in [0.2, 0.25) is 0 Å². The summed E-state index contributed by atoms with van der Waals surface area (Å²) in [5, 5.41) is 3.97. The second-order valence-electron chi connectivity index (χ2n) is 4.67. The van der Waals surface area contributed by atoms with Crippen molar-refractivity contribution in [1.82, 2.24) is 9.97 Å². The minimum Gasteiger partial charge on any atom is -0.491 e. The van der Waals surface area contributed by atoms with Crippen LogP contribution >= 0.6 is 11.3 Å². The summed E-state index contributed by atoms with van der Waals surface area (Å²) in [7, 11) is 3.51. The topological polar surface area (TPSA) is 56.3 Å². The van der Waals surface area contributed by atoms with E-state index in [1.54, 1.807) is 18.4 Å². The first kappa shape index (κ1) is 14.7. The third kappa shape index (κ3) is 3.18. The van der Waals surface area contributed by atoms with Crippen LogP contribution in [-0.4, -0.2) is 37.3 Å². The third-order valence-electron chi connectivity index (χ3n) is 3.18. The molecule has 0 saturated carbocycles. The summed E-state index contributed by atoms with van der Waals surface area (Å²) >= 11 is 1.63. The lowest BCUT2D eigenvalue weighted by molar-refractivity contribution is 0.146. The molecule has 0 bridgehead atoms. The van der Waals surface area contributed by atoms with Crippen molar-refractivity contribution in [3.63, 3.8) is 0 Å². The van der Waals surface area contributed by atoms with Crippen molar-refractivity contribution in [3.8, 4) is 16.3 Å². The zero-order valence-electron chi connectivity index (χ0n) is 12.5. The Labute approximate surface area is 132 Å². The number of hydrogen-bond acceptors (Lipinski definition) is 6. The lowest BCUT2D eigenvalue weighted by Gasteiger charge is -2.04. The number of fused-ring (bicyclic) bond motifs is 1. The van der Waals surface area contributed by atoms with E-state index in [4.69, 9.17) is 9.47 Å². The van der Waals surface area contributed by atoms with Crippen LogP contribution in [0.3, 0.4) is 0 Å². The Morgan fingerprint density at radius 1 is 1.18 bits per heavy atom. The predicted octanol–water partition coefficient (Wildman–Crippen LogP) is 3.43. The molecule has 5 nitrogen and oxygen atoms in total. The van der Waals surface area contributed by atoms with Crippen LogP contribution in [0.4, 0.5) is 5.82 Å². The number of aromatic nitrogens is 2. The van der Waals surface area contributed by atoms with Crippen LogP contribution in [0.1, 0.15) is 0 Å². The molecule has 0 aliphatic heterocycles. The maximum absolute atomic E-state index is 5.63. The highest BCUT2D eigenvalue weighted by Gasteiger charge is 2.08. The minimum absolute atomic E-state index is 0.545. The number of rotatable bonds is 6. The van der Waals surface area contributed by atoms with Gasteiger partial charge in [-0.2, -0.15) is 0 Å². The summed E-state index contributed by atoms with van der Waals surface area (Å²) < 4.78 is 11.7. The average Bonchev–Trinajstić information content (AvgIpc) is 2.98. The highest BCUT2D eigenvalue weighted by atomic mass is 32.1. The molecule has 0 spiro atoms. The van der Waals surface area contributed by atoms with E-state index in [2.05, 4.69) is 15.3 Å². The number of thiazole rings is 1. The van der Waals surface area contributed by atoms with E-state index in [0.717, 1.165) is 32.4 Å². The average molecular weight is 315 g/mol. The summed E-state index contributed by atoms with van der Waals surface area (Å²) in [6, 6.07) is 9.89. The fourth-order valence-corrected chi connectivity index (χ4v) is 3.01. The molecule has 2 heterocycles. The number of benzene rings is 1. The Kier molecular flexibility index (Phi) is 4.50. The molecule has 0 radical (unpaired) electrons. The molecule has 0 amide bonds. The SMILES string of the molecule is CNc1ccc(-c2nc3ccc(OCCOC)cc3s2)cn1. The summed E-state index contributed by atoms with van der Waals surface area (Å²) in [6.07, 6.45) is 1.83. The maximum Gasteiger partial charge on any atom is 0.126 e. The lowest BCUT2D eigenvalue weighted by Crippen LogP contribution is -2.03. The van der Waals surface area contributed by atoms with Gasteiger partial charge >= 0.3 is 0 Å². The molecule has 0 aliphatic rings. The van der Waals surface area contributed by atoms with Gasteiger partial charge in [-0.15, -0.1) is 11.3 Å². The molecule has 1 N–H and O–H groups in total. The van der Waals surface area contributed by atoms with Crippen LogP contribution < -0.4 is 10.1 Å². The van der Waals surface area contributed by atoms with Crippen LogP contribution in [0.15, 0.2) is 36.5 Å². The summed E-state index contributed by atoms with van der Waals surface area (Å²) in [6.45, 7) is 1.12. The molecule has 114 valence electrons. The second kappa shape index (κ2) is 6.72. The van der Waals surface area contributed by atoms with Gasteiger partial charge in [0.05, 0.1) is 16.8 Å². The number of nitrogens with one attached hydrogen (secondary N) is 1. The van der Waals surface area contributed by atoms with Crippen LogP contribution in [0, 0.1) is 0 Å². The molecule has 3 rings (SSSR count). The monoisotopic (exact) mass is 315 g/mol. The number of methoxy groups -OCH3 is 1. The molecule has 0 atom stereocenters. The summed E-state index contributed by atoms with van der Waals surface area (Å²) in [5.41, 5.74) is 1.99. The van der Waals surface area contributed by atoms with Crippen molar-refractivity contribution in [2.45, 2.75) is 0 Å². The minimum atomic E-state index is 0.545. The Bertz CT molecular complexity index is 756. The van der Waals surface area contributed by atoms with E-state index in [1.165, 1.54) is 0 Å². The molecule has 1 aromatic carbocycles. The standard InChI is InChI=1S/C16H17N3O2S/c1-17-15-6-3-11(10-18-15)16-19-13-5-4-12(9-14(13)22-16)21-8-7-20-2/h3-6,9-10H,7-8H2,1-2H3,(H,17,18). The van der Waals surface area contributed by atoms with Crippen molar-refractivity contribution >= 4 is 27.4 Å². The number of pyridine rings is 1. The van der Waals surface area contributed by atoms with E-state index in [0.29, 0.717) is 13.2 Å². The van der Waals surface area contributed by atoms with Gasteiger partial charge in [-0.25, -0.2) is 9.97 Å². The van der Waals surface area contributed by atoms with Crippen molar-refractivity contribution < 1.29 is 9.47 Å². The fraction of sp³-hybridized carbons (Fsp3) is 0.250. The van der Waals surface area contributed by atoms with E-state index in [-0.39, 0.29) is 0 Å². The number of nitrogens with zero attached hydrogens (tertiary/aromatic N) is 2. The van der Waals surface area contributed by atoms with Gasteiger partial charge in [-0.05, 0) is 30.3 Å². The molecule has 22 heavy (non-hydrogen) atoms. The Morgan fingerprint density at radius 2 is 2.09 bits per heavy atom. The normalized spacial score (nSPS) is 10.8. The van der Waals surface area contributed by atoms with Crippen molar-refractivity contribution in [2.75, 3.05) is 32.7 Å². The van der Waals surface area contributed by atoms with Gasteiger partial charge in [-0.3, -0.25) is 0 Å². The van der Waals surface area contributed by atoms with Crippen molar-refractivity contribution in [1.29, 1.82) is 0 Å². The van der Waals surface area contributed by atoms with E-state index in [1.807, 2.05) is 43.6 Å². The summed E-state index contributed by atoms with van der Waals surface area (Å²) in [4.78, 5) is 8.98. The number of ether oxygens (including phenoxy) is 2. The van der Waals surface area contributed by atoms with E-state index in [9.17, 15) is 0 Å². The summed E-state index contributed by atoms with van der Waals surface area (Å²) in [5.74, 6) is 1.68. The van der Waals surface area contributed by atoms with Gasteiger partial charge in [0, 0.05) is 25.9 Å². The molecule has 0 fully saturated rings. The van der Waals surface area contributed by atoms with Gasteiger partial charge in [0.1, 0.15) is 23.2 Å². The Balaban J connectivity index is 1.85. The second-order valence-corrected chi connectivity index (χ2v) is 5.70. The van der Waals surface area contributed by atoms with Crippen LogP contribution in [-0.2, 0) is 4.74 Å². The fourth-order valence-electron chi connectivity index (χ4n) is 2.03. The molecular weight excluding hydrogens is 298 g/mol. The molecule has 6 heteroatoms. The number of hydrogen-bond donors (Lipinski definition) is 1. The largest absolute Gasteiger partial charge is 0.491 e. The Morgan fingerprint density at radius 3 is 2.82 bits per heavy atom. The molecule has 3 aromatic rings. The van der Waals surface area contributed by atoms with Gasteiger partial charge < -0.3 is 14.8 Å². The zero-order chi connectivity index (χ0) is 15.4. The van der Waals surface area contributed by atoms with E-state index >= 15 is 0 Å². The maximum atomic E-state index is 5.63. The van der Waals surface area contributed by atoms with Gasteiger partial charge in [-0.1, -0.05) is 0 Å². The number of anilines is 1. The lowest BCUT2D eigenvalue weighted by atomic mass is 10.3.